The van der Waals surface area contributed by atoms with Crippen molar-refractivity contribution in [1.29, 1.82) is 0 Å². The minimum absolute atomic E-state index is 0.00565. The van der Waals surface area contributed by atoms with Crippen LogP contribution in [0.25, 0.3) is 0 Å². The smallest absolute Gasteiger partial charge is 0.320 e. The number of piperidine rings is 1. The van der Waals surface area contributed by atoms with Crippen LogP contribution in [0.15, 0.2) is 12.1 Å². The summed E-state index contributed by atoms with van der Waals surface area (Å²) in [6, 6.07) is 4.00. The normalized spacial score (nSPS) is 25.0. The SMILES string of the molecule is CC1(C)CC(OC(=O)C2(Cc3cc(C(C)(C)C)c(O)c(C(C)(C)C)c3)CCCCC2=O)CC(C)(C)N1. The van der Waals surface area contributed by atoms with E-state index in [1.807, 2.05) is 12.1 Å². The third-order valence-corrected chi connectivity index (χ3v) is 7.90. The minimum Gasteiger partial charge on any atom is -0.507 e. The lowest BCUT2D eigenvalue weighted by atomic mass is 9.68. The highest BCUT2D eigenvalue weighted by Crippen LogP contribution is 2.44. The maximum Gasteiger partial charge on any atom is 0.320 e. The average Bonchev–Trinajstić information content (AvgIpc) is 2.66. The molecule has 1 saturated carbocycles. The van der Waals surface area contributed by atoms with E-state index >= 15 is 0 Å². The molecule has 1 aliphatic heterocycles. The van der Waals surface area contributed by atoms with Gasteiger partial charge in [0.2, 0.25) is 0 Å². The van der Waals surface area contributed by atoms with E-state index < -0.39 is 5.41 Å². The van der Waals surface area contributed by atoms with Crippen molar-refractivity contribution in [3.8, 4) is 5.75 Å². The van der Waals surface area contributed by atoms with Crippen molar-refractivity contribution in [2.75, 3.05) is 0 Å². The molecular weight excluding hydrogens is 450 g/mol. The van der Waals surface area contributed by atoms with Crippen LogP contribution in [0.2, 0.25) is 0 Å². The standard InChI is InChI=1S/C31H49NO4/c1-27(2,3)22-15-20(16-23(25(22)34)28(4,5)6)17-31(14-12-11-13-24(31)33)26(35)36-21-18-29(7,8)32-30(9,10)19-21/h15-16,21,32,34H,11-14,17-19H2,1-10H3. The Labute approximate surface area is 218 Å². The molecule has 2 fully saturated rings. The van der Waals surface area contributed by atoms with Crippen molar-refractivity contribution in [3.05, 3.63) is 28.8 Å². The summed E-state index contributed by atoms with van der Waals surface area (Å²) in [5.74, 6) is -0.0631. The summed E-state index contributed by atoms with van der Waals surface area (Å²) in [5.41, 5.74) is 0.567. The van der Waals surface area contributed by atoms with Gasteiger partial charge >= 0.3 is 5.97 Å². The number of carbonyl (C=O) groups is 2. The first kappa shape index (κ1) is 28.7. The molecule has 2 N–H and O–H groups in total. The molecule has 1 heterocycles. The summed E-state index contributed by atoms with van der Waals surface area (Å²) >= 11 is 0. The average molecular weight is 500 g/mol. The second-order valence-electron chi connectivity index (χ2n) is 14.8. The molecule has 1 saturated heterocycles. The molecule has 1 unspecified atom stereocenters. The molecule has 0 radical (unpaired) electrons. The van der Waals surface area contributed by atoms with Crippen LogP contribution in [0.4, 0.5) is 0 Å². The van der Waals surface area contributed by atoms with Crippen LogP contribution in [0.1, 0.15) is 124 Å². The third-order valence-electron chi connectivity index (χ3n) is 7.90. The number of nitrogens with one attached hydrogen (secondary N) is 1. The molecule has 3 rings (SSSR count). The molecule has 1 aromatic carbocycles. The van der Waals surface area contributed by atoms with Crippen LogP contribution >= 0.6 is 0 Å². The van der Waals surface area contributed by atoms with Crippen molar-refractivity contribution in [1.82, 2.24) is 5.32 Å². The predicted molar refractivity (Wildman–Crippen MR) is 146 cm³/mol. The van der Waals surface area contributed by atoms with Gasteiger partial charge in [-0.25, -0.2) is 0 Å². The van der Waals surface area contributed by atoms with E-state index in [0.29, 0.717) is 37.9 Å². The molecule has 0 bridgehead atoms. The number of ketones is 1. The fourth-order valence-electron chi connectivity index (χ4n) is 6.43. The molecule has 2 aliphatic rings. The minimum atomic E-state index is -1.17. The first-order valence-corrected chi connectivity index (χ1v) is 13.7. The van der Waals surface area contributed by atoms with Gasteiger partial charge < -0.3 is 15.2 Å². The molecule has 36 heavy (non-hydrogen) atoms. The van der Waals surface area contributed by atoms with Gasteiger partial charge in [-0.05, 0) is 74.5 Å². The van der Waals surface area contributed by atoms with Gasteiger partial charge in [-0.15, -0.1) is 0 Å². The Morgan fingerprint density at radius 1 is 0.972 bits per heavy atom. The van der Waals surface area contributed by atoms with Gasteiger partial charge in [0, 0.05) is 30.3 Å². The molecule has 1 atom stereocenters. The van der Waals surface area contributed by atoms with Crippen LogP contribution in [0.3, 0.4) is 0 Å². The fourth-order valence-corrected chi connectivity index (χ4v) is 6.43. The topological polar surface area (TPSA) is 75.6 Å². The molecule has 5 nitrogen and oxygen atoms in total. The fraction of sp³-hybridized carbons (Fsp3) is 0.742. The summed E-state index contributed by atoms with van der Waals surface area (Å²) in [6.07, 6.45) is 4.09. The summed E-state index contributed by atoms with van der Waals surface area (Å²) in [5, 5.41) is 14.8. The largest absolute Gasteiger partial charge is 0.507 e. The van der Waals surface area contributed by atoms with Gasteiger partial charge in [0.1, 0.15) is 17.3 Å². The number of hydrogen-bond acceptors (Lipinski definition) is 5. The van der Waals surface area contributed by atoms with E-state index in [4.69, 9.17) is 4.74 Å². The van der Waals surface area contributed by atoms with Crippen molar-refractivity contribution in [2.24, 2.45) is 5.41 Å². The Balaban J connectivity index is 2.02. The van der Waals surface area contributed by atoms with Crippen molar-refractivity contribution < 1.29 is 19.4 Å². The van der Waals surface area contributed by atoms with E-state index in [9.17, 15) is 14.7 Å². The lowest BCUT2D eigenvalue weighted by Gasteiger charge is -2.46. The van der Waals surface area contributed by atoms with Gasteiger partial charge in [-0.2, -0.15) is 0 Å². The molecule has 0 spiro atoms. The van der Waals surface area contributed by atoms with Crippen molar-refractivity contribution in [2.45, 2.75) is 142 Å². The summed E-state index contributed by atoms with van der Waals surface area (Å²) < 4.78 is 6.22. The van der Waals surface area contributed by atoms with Gasteiger partial charge in [-0.3, -0.25) is 9.59 Å². The molecule has 1 aliphatic carbocycles. The number of phenolic OH excluding ortho intramolecular Hbond substituents is 1. The van der Waals surface area contributed by atoms with Crippen molar-refractivity contribution >= 4 is 11.8 Å². The van der Waals surface area contributed by atoms with Crippen molar-refractivity contribution in [3.63, 3.8) is 0 Å². The Kier molecular flexibility index (Phi) is 7.53. The van der Waals surface area contributed by atoms with Gasteiger partial charge in [-0.1, -0.05) is 60.1 Å². The zero-order valence-electron chi connectivity index (χ0n) is 24.4. The first-order chi connectivity index (χ1) is 16.3. The first-order valence-electron chi connectivity index (χ1n) is 13.7. The number of benzene rings is 1. The van der Waals surface area contributed by atoms with E-state index in [2.05, 4.69) is 74.6 Å². The summed E-state index contributed by atoms with van der Waals surface area (Å²) in [4.78, 5) is 27.5. The van der Waals surface area contributed by atoms with Crippen LogP contribution in [-0.4, -0.2) is 34.0 Å². The van der Waals surface area contributed by atoms with Gasteiger partial charge in [0.25, 0.3) is 0 Å². The number of rotatable bonds is 4. The Morgan fingerprint density at radius 2 is 1.47 bits per heavy atom. The highest BCUT2D eigenvalue weighted by molar-refractivity contribution is 6.04. The number of Topliss-reactive ketones (excluding diaryl/α,β-unsaturated/α-hetero) is 1. The lowest BCUT2D eigenvalue weighted by molar-refractivity contribution is -0.170. The van der Waals surface area contributed by atoms with E-state index in [0.717, 1.165) is 29.5 Å². The van der Waals surface area contributed by atoms with Gasteiger partial charge in [0.05, 0.1) is 0 Å². The quantitative estimate of drug-likeness (QED) is 0.365. The van der Waals surface area contributed by atoms with Crippen LogP contribution in [0, 0.1) is 5.41 Å². The summed E-state index contributed by atoms with van der Waals surface area (Å²) in [6.45, 7) is 21.0. The maximum atomic E-state index is 13.9. The molecule has 0 amide bonds. The number of phenols is 1. The highest BCUT2D eigenvalue weighted by atomic mass is 16.5. The van der Waals surface area contributed by atoms with Crippen LogP contribution < -0.4 is 5.32 Å². The monoisotopic (exact) mass is 499 g/mol. The number of aromatic hydroxyl groups is 1. The summed E-state index contributed by atoms with van der Waals surface area (Å²) in [7, 11) is 0. The molecule has 1 aromatic rings. The highest BCUT2D eigenvalue weighted by Gasteiger charge is 2.50. The lowest BCUT2D eigenvalue weighted by Crippen LogP contribution is -2.60. The Morgan fingerprint density at radius 3 is 1.92 bits per heavy atom. The second kappa shape index (κ2) is 9.45. The predicted octanol–water partition coefficient (Wildman–Crippen LogP) is 6.51. The number of carbonyl (C=O) groups excluding carboxylic acids is 2. The molecule has 202 valence electrons. The maximum absolute atomic E-state index is 13.9. The molecule has 5 heteroatoms. The third kappa shape index (κ3) is 6.15. The zero-order chi connectivity index (χ0) is 27.3. The van der Waals surface area contributed by atoms with Gasteiger partial charge in [0.15, 0.2) is 5.78 Å². The number of ether oxygens (including phenoxy) is 1. The Hall–Kier alpha value is -1.88. The van der Waals surface area contributed by atoms with E-state index in [-0.39, 0.29) is 39.8 Å². The van der Waals surface area contributed by atoms with Crippen LogP contribution in [0.5, 0.6) is 5.75 Å². The molecular formula is C31H49NO4. The van der Waals surface area contributed by atoms with E-state index in [1.165, 1.54) is 0 Å². The second-order valence-corrected chi connectivity index (χ2v) is 14.8. The van der Waals surface area contributed by atoms with E-state index in [1.54, 1.807) is 0 Å². The number of hydrogen-bond donors (Lipinski definition) is 2. The Bertz CT molecular complexity index is 957. The van der Waals surface area contributed by atoms with Crippen LogP contribution in [-0.2, 0) is 31.6 Å². The molecule has 0 aromatic heterocycles. The zero-order valence-corrected chi connectivity index (χ0v) is 24.4. The number of esters is 1.